The van der Waals surface area contributed by atoms with E-state index in [1.807, 2.05) is 14.1 Å². The monoisotopic (exact) mass is 399 g/mol. The van der Waals surface area contributed by atoms with E-state index in [1.165, 1.54) is 57.3 Å². The molecule has 1 N–H and O–H groups in total. The van der Waals surface area contributed by atoms with E-state index in [-0.39, 0.29) is 6.03 Å². The number of benzene rings is 1. The smallest absolute Gasteiger partial charge is 0.317 e. The molecule has 2 fully saturated rings. The highest BCUT2D eigenvalue weighted by Crippen LogP contribution is 2.37. The van der Waals surface area contributed by atoms with E-state index < -0.39 is 0 Å². The van der Waals surface area contributed by atoms with Crippen molar-refractivity contribution in [2.45, 2.75) is 63.3 Å². The van der Waals surface area contributed by atoms with Crippen molar-refractivity contribution in [3.63, 3.8) is 0 Å². The van der Waals surface area contributed by atoms with Crippen LogP contribution in [0.5, 0.6) is 5.75 Å². The van der Waals surface area contributed by atoms with Crippen molar-refractivity contribution < 1.29 is 9.53 Å². The highest BCUT2D eigenvalue weighted by Gasteiger charge is 2.27. The van der Waals surface area contributed by atoms with Crippen molar-refractivity contribution >= 4 is 6.03 Å². The number of likely N-dealkylation sites (tertiary alicyclic amines) is 1. The van der Waals surface area contributed by atoms with Crippen LogP contribution < -0.4 is 10.1 Å². The molecule has 5 nitrogen and oxygen atoms in total. The molecule has 0 atom stereocenters. The second kappa shape index (κ2) is 9.38. The Kier molecular flexibility index (Phi) is 6.63. The summed E-state index contributed by atoms with van der Waals surface area (Å²) in [4.78, 5) is 16.1. The fourth-order valence-electron chi connectivity index (χ4n) is 5.36. The summed E-state index contributed by atoms with van der Waals surface area (Å²) < 4.78 is 5.76. The van der Waals surface area contributed by atoms with Crippen LogP contribution in [0.25, 0.3) is 0 Å². The lowest BCUT2D eigenvalue weighted by Gasteiger charge is -2.35. The number of rotatable bonds is 5. The molecule has 1 aromatic rings. The molecule has 1 saturated carbocycles. The summed E-state index contributed by atoms with van der Waals surface area (Å²) >= 11 is 0. The number of carbonyl (C=O) groups excluding carboxylic acids is 1. The van der Waals surface area contributed by atoms with E-state index in [0.29, 0.717) is 12.0 Å². The predicted octanol–water partition coefficient (Wildman–Crippen LogP) is 4.02. The highest BCUT2D eigenvalue weighted by molar-refractivity contribution is 5.73. The second-order valence-corrected chi connectivity index (χ2v) is 9.39. The third kappa shape index (κ3) is 5.06. The number of nitrogens with zero attached hydrogens (tertiary/aromatic N) is 2. The fourth-order valence-corrected chi connectivity index (χ4v) is 5.36. The van der Waals surface area contributed by atoms with Crippen molar-refractivity contribution in [3.8, 4) is 5.75 Å². The molecule has 160 valence electrons. The van der Waals surface area contributed by atoms with Crippen molar-refractivity contribution in [2.24, 2.45) is 5.92 Å². The number of fused-ring (bicyclic) bond motifs is 1. The van der Waals surface area contributed by atoms with E-state index in [9.17, 15) is 4.79 Å². The summed E-state index contributed by atoms with van der Waals surface area (Å²) in [5.41, 5.74) is 3.03. The zero-order chi connectivity index (χ0) is 20.2. The largest absolute Gasteiger partial charge is 0.493 e. The molecule has 29 heavy (non-hydrogen) atoms. The summed E-state index contributed by atoms with van der Waals surface area (Å²) in [5.74, 6) is 2.66. The number of hydrogen-bond donors (Lipinski definition) is 1. The number of ether oxygens (including phenoxy) is 1. The Morgan fingerprint density at radius 2 is 1.90 bits per heavy atom. The first kappa shape index (κ1) is 20.5. The van der Waals surface area contributed by atoms with Crippen LogP contribution in [0.3, 0.4) is 0 Å². The van der Waals surface area contributed by atoms with Gasteiger partial charge in [-0.15, -0.1) is 0 Å². The normalized spacial score (nSPS) is 25.3. The van der Waals surface area contributed by atoms with Crippen molar-refractivity contribution in [2.75, 3.05) is 40.3 Å². The minimum absolute atomic E-state index is 0.0481. The zero-order valence-electron chi connectivity index (χ0n) is 18.2. The average Bonchev–Trinajstić information content (AvgIpc) is 3.22. The Morgan fingerprint density at radius 1 is 1.14 bits per heavy atom. The third-order valence-corrected chi connectivity index (χ3v) is 7.24. The molecule has 0 radical (unpaired) electrons. The number of hydrogen-bond acceptors (Lipinski definition) is 3. The van der Waals surface area contributed by atoms with Gasteiger partial charge in [-0.1, -0.05) is 12.1 Å². The first-order chi connectivity index (χ1) is 14.1. The Bertz CT molecular complexity index is 689. The third-order valence-electron chi connectivity index (χ3n) is 7.24. The van der Waals surface area contributed by atoms with Gasteiger partial charge in [-0.3, -0.25) is 0 Å². The molecule has 0 bridgehead atoms. The van der Waals surface area contributed by atoms with Crippen LogP contribution in [0, 0.1) is 5.92 Å². The van der Waals surface area contributed by atoms with Gasteiger partial charge in [0.1, 0.15) is 5.75 Å². The van der Waals surface area contributed by atoms with E-state index in [2.05, 4.69) is 28.4 Å². The van der Waals surface area contributed by atoms with Crippen LogP contribution in [0.15, 0.2) is 18.2 Å². The molecule has 0 spiro atoms. The van der Waals surface area contributed by atoms with Crippen LogP contribution in [0.4, 0.5) is 4.79 Å². The Labute approximate surface area is 175 Å². The van der Waals surface area contributed by atoms with Gasteiger partial charge in [0.15, 0.2) is 0 Å². The zero-order valence-corrected chi connectivity index (χ0v) is 18.2. The van der Waals surface area contributed by atoms with Gasteiger partial charge >= 0.3 is 6.03 Å². The molecule has 2 amide bonds. The van der Waals surface area contributed by atoms with E-state index in [4.69, 9.17) is 4.74 Å². The Morgan fingerprint density at radius 3 is 2.62 bits per heavy atom. The van der Waals surface area contributed by atoms with Crippen LogP contribution in [-0.2, 0) is 6.42 Å². The van der Waals surface area contributed by atoms with Gasteiger partial charge in [-0.2, -0.15) is 0 Å². The van der Waals surface area contributed by atoms with Gasteiger partial charge in [0, 0.05) is 32.1 Å². The molecule has 2 aliphatic heterocycles. The minimum atomic E-state index is 0.0481. The van der Waals surface area contributed by atoms with Crippen LogP contribution >= 0.6 is 0 Å². The van der Waals surface area contributed by atoms with Crippen molar-refractivity contribution in [1.29, 1.82) is 0 Å². The standard InChI is InChI=1S/C24H37N3O2/c1-26(2)24(28)25-20-8-6-18(7-9-20)10-14-27-15-11-19(12-16-27)21-4-3-5-23-22(21)13-17-29-23/h3-5,18-20H,6-17H2,1-2H3,(H,25,28). The number of urea groups is 1. The summed E-state index contributed by atoms with van der Waals surface area (Å²) in [6.45, 7) is 4.54. The molecule has 5 heteroatoms. The van der Waals surface area contributed by atoms with E-state index in [1.54, 1.807) is 10.5 Å². The van der Waals surface area contributed by atoms with E-state index in [0.717, 1.165) is 37.5 Å². The molecule has 1 aromatic carbocycles. The number of piperidine rings is 1. The summed E-state index contributed by atoms with van der Waals surface area (Å²) in [7, 11) is 3.62. The summed E-state index contributed by atoms with van der Waals surface area (Å²) in [6.07, 6.45) is 9.73. The minimum Gasteiger partial charge on any atom is -0.493 e. The number of nitrogens with one attached hydrogen (secondary N) is 1. The quantitative estimate of drug-likeness (QED) is 0.813. The predicted molar refractivity (Wildman–Crippen MR) is 117 cm³/mol. The molecule has 1 aliphatic carbocycles. The topological polar surface area (TPSA) is 44.8 Å². The first-order valence-electron chi connectivity index (χ1n) is 11.5. The SMILES string of the molecule is CN(C)C(=O)NC1CCC(CCN2CCC(c3cccc4c3CCO4)CC2)CC1. The maximum atomic E-state index is 11.8. The van der Waals surface area contributed by atoms with Gasteiger partial charge in [0.05, 0.1) is 6.61 Å². The second-order valence-electron chi connectivity index (χ2n) is 9.39. The molecular formula is C24H37N3O2. The highest BCUT2D eigenvalue weighted by atomic mass is 16.5. The first-order valence-corrected chi connectivity index (χ1v) is 11.5. The van der Waals surface area contributed by atoms with Crippen LogP contribution in [-0.4, -0.2) is 62.2 Å². The molecule has 2 heterocycles. The van der Waals surface area contributed by atoms with E-state index >= 15 is 0 Å². The molecule has 1 saturated heterocycles. The van der Waals surface area contributed by atoms with Crippen LogP contribution in [0.1, 0.15) is 62.0 Å². The van der Waals surface area contributed by atoms with Crippen molar-refractivity contribution in [3.05, 3.63) is 29.3 Å². The summed E-state index contributed by atoms with van der Waals surface area (Å²) in [5, 5.41) is 3.15. The molecular weight excluding hydrogens is 362 g/mol. The fraction of sp³-hybridized carbons (Fsp3) is 0.708. The van der Waals surface area contributed by atoms with Crippen molar-refractivity contribution in [1.82, 2.24) is 15.1 Å². The lowest BCUT2D eigenvalue weighted by molar-refractivity contribution is 0.179. The number of amides is 2. The lowest BCUT2D eigenvalue weighted by Crippen LogP contribution is -2.43. The molecule has 0 unspecified atom stereocenters. The average molecular weight is 400 g/mol. The molecule has 0 aromatic heterocycles. The van der Waals surface area contributed by atoms with Gasteiger partial charge < -0.3 is 19.9 Å². The lowest BCUT2D eigenvalue weighted by atomic mass is 9.83. The number of carbonyl (C=O) groups is 1. The molecule has 4 rings (SSSR count). The van der Waals surface area contributed by atoms with Gasteiger partial charge in [-0.25, -0.2) is 4.79 Å². The van der Waals surface area contributed by atoms with Gasteiger partial charge in [0.2, 0.25) is 0 Å². The Hall–Kier alpha value is -1.75. The maximum Gasteiger partial charge on any atom is 0.317 e. The van der Waals surface area contributed by atoms with Gasteiger partial charge in [-0.05, 0) is 88.0 Å². The molecule has 3 aliphatic rings. The summed E-state index contributed by atoms with van der Waals surface area (Å²) in [6, 6.07) is 7.05. The van der Waals surface area contributed by atoms with Crippen LogP contribution in [0.2, 0.25) is 0 Å². The Balaban J connectivity index is 1.17. The maximum absolute atomic E-state index is 11.8. The van der Waals surface area contributed by atoms with Gasteiger partial charge in [0.25, 0.3) is 0 Å².